The highest BCUT2D eigenvalue weighted by Gasteiger charge is 2.17. The van der Waals surface area contributed by atoms with E-state index in [1.165, 1.54) is 18.2 Å². The van der Waals surface area contributed by atoms with E-state index < -0.39 is 27.2 Å². The van der Waals surface area contributed by atoms with Gasteiger partial charge in [0.2, 0.25) is 35.7 Å². The van der Waals surface area contributed by atoms with Gasteiger partial charge in [0.25, 0.3) is 10.1 Å². The van der Waals surface area contributed by atoms with Crippen molar-refractivity contribution in [3.05, 3.63) is 47.5 Å². The van der Waals surface area contributed by atoms with E-state index in [0.717, 1.165) is 52.1 Å². The molecule has 0 fully saturated rings. The van der Waals surface area contributed by atoms with Gasteiger partial charge < -0.3 is 51.9 Å². The molecule has 0 saturated carbocycles. The molecule has 2 atom stereocenters. The average Bonchev–Trinajstić information content (AvgIpc) is 3.26. The number of nitrogens with one attached hydrogen (secondary N) is 6. The van der Waals surface area contributed by atoms with Crippen molar-refractivity contribution in [1.29, 1.82) is 0 Å². The minimum atomic E-state index is -4.75. The topological polar surface area (TPSA) is 290 Å². The van der Waals surface area contributed by atoms with Gasteiger partial charge in [0.15, 0.2) is 0 Å². The van der Waals surface area contributed by atoms with Gasteiger partial charge in [-0.05, 0) is 101 Å². The molecule has 4 rings (SSSR count). The molecule has 0 saturated heterocycles. The molecule has 0 aliphatic rings. The second-order valence-corrected chi connectivity index (χ2v) is 16.6. The zero-order chi connectivity index (χ0) is 46.5. The van der Waals surface area contributed by atoms with E-state index in [4.69, 9.17) is 9.59 Å². The Morgan fingerprint density at radius 2 is 1.08 bits per heavy atom. The number of anilines is 8. The summed E-state index contributed by atoms with van der Waals surface area (Å²) in [5, 5.41) is 51.1. The van der Waals surface area contributed by atoms with Crippen molar-refractivity contribution in [3.8, 4) is 0 Å². The summed E-state index contributed by atoms with van der Waals surface area (Å²) in [7, 11) is -4.75. The van der Waals surface area contributed by atoms with Crippen molar-refractivity contribution >= 4 is 81.4 Å². The Labute approximate surface area is 379 Å². The molecule has 64 heavy (non-hydrogen) atoms. The van der Waals surface area contributed by atoms with Gasteiger partial charge in [0.05, 0.1) is 24.3 Å². The Morgan fingerprint density at radius 3 is 1.52 bits per heavy atom. The minimum absolute atomic E-state index is 0.0863. The van der Waals surface area contributed by atoms with E-state index in [2.05, 4.69) is 104 Å². The number of nitrogens with zero attached hydrogens (tertiary/aromatic N) is 8. The molecule has 22 nitrogen and oxygen atoms in total. The predicted octanol–water partition coefficient (Wildman–Crippen LogP) is 5.26. The monoisotopic (exact) mass is 930 g/mol. The first-order chi connectivity index (χ1) is 30.7. The van der Waals surface area contributed by atoms with Gasteiger partial charge in [0.1, 0.15) is 4.90 Å². The van der Waals surface area contributed by atoms with Gasteiger partial charge in [-0.15, -0.1) is 4.33 Å². The number of aromatic nitrogens is 6. The molecular weight excluding hydrogens is 869 g/mol. The molecule has 0 spiro atoms. The summed E-state index contributed by atoms with van der Waals surface area (Å²) in [5.74, 6) is 1.31. The first kappa shape index (κ1) is 51.6. The fourth-order valence-corrected chi connectivity index (χ4v) is 7.25. The second-order valence-electron chi connectivity index (χ2n) is 14.5. The molecule has 0 bridgehead atoms. The van der Waals surface area contributed by atoms with Crippen LogP contribution in [0.4, 0.5) is 47.1 Å². The molecular formula is C40H62N14O8S2. The van der Waals surface area contributed by atoms with Crippen LogP contribution in [0.2, 0.25) is 0 Å². The Kier molecular flexibility index (Phi) is 21.5. The maximum Gasteiger partial charge on any atom is 0.295 e. The predicted molar refractivity (Wildman–Crippen MR) is 251 cm³/mol. The highest BCUT2D eigenvalue weighted by molar-refractivity contribution is 7.94. The minimum Gasteiger partial charge on any atom is -0.392 e. The van der Waals surface area contributed by atoms with Gasteiger partial charge in [-0.25, -0.2) is 5.26 Å². The fourth-order valence-electron chi connectivity index (χ4n) is 6.03. The number of hydrogen-bond donors (Lipinski definition) is 10. The lowest BCUT2D eigenvalue weighted by atomic mass is 10.1. The number of benzene rings is 2. The highest BCUT2D eigenvalue weighted by Crippen LogP contribution is 2.31. The highest BCUT2D eigenvalue weighted by atomic mass is 32.2. The zero-order valence-electron chi connectivity index (χ0n) is 37.1. The van der Waals surface area contributed by atoms with Crippen LogP contribution in [-0.4, -0.2) is 146 Å². The largest absolute Gasteiger partial charge is 0.392 e. The first-order valence-corrected chi connectivity index (χ1v) is 23.3. The molecule has 24 heteroatoms. The van der Waals surface area contributed by atoms with Crippen molar-refractivity contribution < 1.29 is 37.8 Å². The van der Waals surface area contributed by atoms with Crippen molar-refractivity contribution in [1.82, 2.24) is 39.7 Å². The summed E-state index contributed by atoms with van der Waals surface area (Å²) in [6.07, 6.45) is 3.46. The zero-order valence-corrected chi connectivity index (χ0v) is 38.7. The molecule has 4 aromatic rings. The number of aliphatic hydroxyl groups is 2. The van der Waals surface area contributed by atoms with E-state index in [0.29, 0.717) is 47.2 Å². The van der Waals surface area contributed by atoms with Crippen LogP contribution < -0.4 is 31.9 Å². The van der Waals surface area contributed by atoms with E-state index in [1.807, 2.05) is 0 Å². The van der Waals surface area contributed by atoms with E-state index >= 15 is 0 Å². The summed E-state index contributed by atoms with van der Waals surface area (Å²) in [4.78, 5) is 31.3. The van der Waals surface area contributed by atoms with Gasteiger partial charge in [-0.1, -0.05) is 57.0 Å². The third-order valence-electron chi connectivity index (χ3n) is 9.45. The van der Waals surface area contributed by atoms with Crippen LogP contribution in [0.25, 0.3) is 12.2 Å². The van der Waals surface area contributed by atoms with Crippen molar-refractivity contribution in [2.24, 2.45) is 0 Å². The SMILES string of the molecule is CCN(CC)CCCNc1nc(NCC(C)O)nc(Nc2ccc(/C=C/c3ccc(Nc4nc(NCCCN(CC)CC)nc(NCC(C)O)n4)cc3S(=O)(=O)O)c(SOOO)c2)n1. The van der Waals surface area contributed by atoms with Crippen LogP contribution in [0.5, 0.6) is 0 Å². The molecule has 2 aromatic carbocycles. The third kappa shape index (κ3) is 17.9. The van der Waals surface area contributed by atoms with Crippen molar-refractivity contribution in [2.45, 2.75) is 76.4 Å². The lowest BCUT2D eigenvalue weighted by Crippen LogP contribution is -2.25. The summed E-state index contributed by atoms with van der Waals surface area (Å²) in [6.45, 7) is 18.9. The quantitative estimate of drug-likeness (QED) is 0.00796. The van der Waals surface area contributed by atoms with Gasteiger partial charge in [-0.3, -0.25) is 4.55 Å². The van der Waals surface area contributed by atoms with E-state index in [1.54, 1.807) is 44.2 Å². The lowest BCUT2D eigenvalue weighted by Gasteiger charge is -2.18. The molecule has 0 aliphatic carbocycles. The second kappa shape index (κ2) is 26.7. The Balaban J connectivity index is 1.57. The Hall–Kier alpha value is -5.02. The van der Waals surface area contributed by atoms with Crippen molar-refractivity contribution in [3.63, 3.8) is 0 Å². The van der Waals surface area contributed by atoms with Crippen molar-refractivity contribution in [2.75, 3.05) is 97.3 Å². The first-order valence-electron chi connectivity index (χ1n) is 21.1. The van der Waals surface area contributed by atoms with Crippen LogP contribution in [0.3, 0.4) is 0 Å². The van der Waals surface area contributed by atoms with E-state index in [9.17, 15) is 23.2 Å². The maximum absolute atomic E-state index is 12.7. The van der Waals surface area contributed by atoms with Crippen LogP contribution in [0.1, 0.15) is 65.5 Å². The van der Waals surface area contributed by atoms with E-state index in [-0.39, 0.29) is 54.1 Å². The molecule has 2 aromatic heterocycles. The van der Waals surface area contributed by atoms with Crippen LogP contribution in [-0.2, 0) is 19.5 Å². The smallest absolute Gasteiger partial charge is 0.295 e. The molecule has 2 heterocycles. The van der Waals surface area contributed by atoms with Gasteiger partial charge >= 0.3 is 0 Å². The standard InChI is InChI=1S/C40H62N14O8S2/c1-7-53(8-2)21-11-19-41-35-47-37(43-25-27(5)55)51-39(49-35)45-31-17-15-29(33(23-31)63-62-61-57)13-14-30-16-18-32(24-34(30)64(58,59)60)46-40-50-36(42-20-12-22-54(9-3)10-4)48-38(52-40)44-26-28(6)56/h13-18,23-24,27-28,55-57H,7-12,19-22,25-26H2,1-6H3,(H,58,59,60)(H3,41,43,45,47,49,51)(H3,42,44,46,48,50,52)/b14-13+. The summed E-state index contributed by atoms with van der Waals surface area (Å²) in [5.41, 5.74) is 1.43. The summed E-state index contributed by atoms with van der Waals surface area (Å²) in [6, 6.07) is 9.42. The molecule has 10 N–H and O–H groups in total. The number of aliphatic hydroxyl groups excluding tert-OH is 2. The van der Waals surface area contributed by atoms with Gasteiger partial charge in [-0.2, -0.15) is 38.3 Å². The van der Waals surface area contributed by atoms with Crippen LogP contribution >= 0.6 is 12.0 Å². The third-order valence-corrected chi connectivity index (χ3v) is 11.0. The molecule has 2 unspecified atom stereocenters. The number of rotatable bonds is 30. The fraction of sp³-hybridized carbons (Fsp3) is 0.500. The summed E-state index contributed by atoms with van der Waals surface area (Å²) < 4.78 is 40.6. The van der Waals surface area contributed by atoms with Crippen LogP contribution in [0, 0.1) is 0 Å². The molecule has 0 radical (unpaired) electrons. The van der Waals surface area contributed by atoms with Crippen LogP contribution in [0.15, 0.2) is 46.2 Å². The Bertz CT molecular complexity index is 2180. The average molecular weight is 931 g/mol. The van der Waals surface area contributed by atoms with Gasteiger partial charge in [0, 0.05) is 42.4 Å². The Morgan fingerprint density at radius 1 is 0.656 bits per heavy atom. The normalized spacial score (nSPS) is 12.8. The summed E-state index contributed by atoms with van der Waals surface area (Å²) >= 11 is 0.678. The molecule has 0 aliphatic heterocycles. The lowest BCUT2D eigenvalue weighted by molar-refractivity contribution is -0.432. The number of hydrogen-bond acceptors (Lipinski definition) is 22. The molecule has 352 valence electrons. The molecule has 0 amide bonds. The maximum atomic E-state index is 12.7.